The fourth-order valence-electron chi connectivity index (χ4n) is 2.24. The van der Waals surface area contributed by atoms with Crippen LogP contribution in [0.4, 0.5) is 5.69 Å². The van der Waals surface area contributed by atoms with Gasteiger partial charge in [-0.3, -0.25) is 15.6 Å². The van der Waals surface area contributed by atoms with Gasteiger partial charge >= 0.3 is 0 Å². The summed E-state index contributed by atoms with van der Waals surface area (Å²) in [7, 11) is 0. The molecule has 0 bridgehead atoms. The summed E-state index contributed by atoms with van der Waals surface area (Å²) in [5.74, 6) is 0.326. The van der Waals surface area contributed by atoms with Crippen molar-refractivity contribution in [2.75, 3.05) is 5.43 Å². The Kier molecular flexibility index (Phi) is 4.02. The van der Waals surface area contributed by atoms with Gasteiger partial charge in [0.05, 0.1) is 5.69 Å². The van der Waals surface area contributed by atoms with Crippen LogP contribution in [0.2, 0.25) is 0 Å². The fourth-order valence-corrected chi connectivity index (χ4v) is 2.24. The largest absolute Gasteiger partial charge is 0.299 e. The molecule has 0 unspecified atom stereocenters. The van der Waals surface area contributed by atoms with Crippen molar-refractivity contribution in [2.45, 2.75) is 39.0 Å². The van der Waals surface area contributed by atoms with Crippen LogP contribution in [0, 0.1) is 12.8 Å². The second kappa shape index (κ2) is 5.71. The van der Waals surface area contributed by atoms with E-state index in [1.54, 1.807) is 0 Å². The Bertz CT molecular complexity index is 366. The third-order valence-electron chi connectivity index (χ3n) is 3.36. The van der Waals surface area contributed by atoms with E-state index >= 15 is 0 Å². The summed E-state index contributed by atoms with van der Waals surface area (Å²) in [5, 5.41) is 0. The van der Waals surface area contributed by atoms with E-state index in [1.807, 2.05) is 31.2 Å². The highest BCUT2D eigenvalue weighted by Gasteiger charge is 2.20. The number of hydrogen-bond acceptors (Lipinski definition) is 2. The molecule has 0 aliphatic heterocycles. The van der Waals surface area contributed by atoms with Crippen LogP contribution < -0.4 is 10.9 Å². The van der Waals surface area contributed by atoms with E-state index in [4.69, 9.17) is 0 Å². The van der Waals surface area contributed by atoms with Crippen LogP contribution in [-0.2, 0) is 4.79 Å². The van der Waals surface area contributed by atoms with Gasteiger partial charge in [-0.25, -0.2) is 0 Å². The number of hydrogen-bond donors (Lipinski definition) is 2. The summed E-state index contributed by atoms with van der Waals surface area (Å²) in [4.78, 5) is 11.9. The van der Waals surface area contributed by atoms with Gasteiger partial charge < -0.3 is 0 Å². The lowest BCUT2D eigenvalue weighted by molar-refractivity contribution is -0.125. The zero-order chi connectivity index (χ0) is 12.1. The zero-order valence-electron chi connectivity index (χ0n) is 10.3. The average molecular weight is 232 g/mol. The first-order chi connectivity index (χ1) is 8.25. The van der Waals surface area contributed by atoms with Crippen molar-refractivity contribution in [3.8, 4) is 0 Å². The normalized spacial score (nSPS) is 16.5. The molecule has 3 nitrogen and oxygen atoms in total. The van der Waals surface area contributed by atoms with Crippen molar-refractivity contribution in [2.24, 2.45) is 5.92 Å². The molecule has 0 saturated heterocycles. The van der Waals surface area contributed by atoms with Crippen LogP contribution in [-0.4, -0.2) is 5.91 Å². The van der Waals surface area contributed by atoms with Gasteiger partial charge in [-0.1, -0.05) is 37.0 Å². The van der Waals surface area contributed by atoms with Crippen molar-refractivity contribution in [1.82, 2.24) is 5.43 Å². The van der Waals surface area contributed by atoms with Crippen LogP contribution >= 0.6 is 0 Å². The number of rotatable bonds is 3. The van der Waals surface area contributed by atoms with E-state index in [0.717, 1.165) is 18.5 Å². The average Bonchev–Trinajstić information content (AvgIpc) is 2.39. The van der Waals surface area contributed by atoms with Gasteiger partial charge in [0.2, 0.25) is 5.91 Å². The Hall–Kier alpha value is -1.51. The number of aryl methyl sites for hydroxylation is 1. The van der Waals surface area contributed by atoms with Crippen molar-refractivity contribution in [1.29, 1.82) is 0 Å². The molecule has 0 heterocycles. The van der Waals surface area contributed by atoms with Gasteiger partial charge in [0.1, 0.15) is 0 Å². The van der Waals surface area contributed by atoms with E-state index in [1.165, 1.54) is 24.8 Å². The molecule has 0 spiro atoms. The van der Waals surface area contributed by atoms with Crippen molar-refractivity contribution >= 4 is 11.6 Å². The van der Waals surface area contributed by atoms with Crippen LogP contribution in [0.15, 0.2) is 24.3 Å². The van der Waals surface area contributed by atoms with E-state index < -0.39 is 0 Å². The topological polar surface area (TPSA) is 41.1 Å². The molecule has 2 N–H and O–H groups in total. The molecule has 1 aliphatic rings. The Morgan fingerprint density at radius 1 is 1.12 bits per heavy atom. The molecule has 1 saturated carbocycles. The molecule has 1 aromatic rings. The summed E-state index contributed by atoms with van der Waals surface area (Å²) in [5.41, 5.74) is 7.92. The first-order valence-corrected chi connectivity index (χ1v) is 6.38. The molecule has 92 valence electrons. The van der Waals surface area contributed by atoms with E-state index in [0.29, 0.717) is 0 Å². The van der Waals surface area contributed by atoms with Gasteiger partial charge in [0.15, 0.2) is 0 Å². The second-order valence-corrected chi connectivity index (χ2v) is 4.82. The lowest BCUT2D eigenvalue weighted by Gasteiger charge is -2.21. The molecule has 2 rings (SSSR count). The van der Waals surface area contributed by atoms with Gasteiger partial charge in [0.25, 0.3) is 0 Å². The number of carbonyl (C=O) groups is 1. The monoisotopic (exact) mass is 232 g/mol. The highest BCUT2D eigenvalue weighted by molar-refractivity contribution is 5.79. The predicted octanol–water partition coefficient (Wildman–Crippen LogP) is 3.02. The van der Waals surface area contributed by atoms with E-state index in [2.05, 4.69) is 10.9 Å². The molecule has 0 radical (unpaired) electrons. The Labute approximate surface area is 103 Å². The number of hydrazine groups is 1. The summed E-state index contributed by atoms with van der Waals surface area (Å²) >= 11 is 0. The minimum Gasteiger partial charge on any atom is -0.299 e. The highest BCUT2D eigenvalue weighted by atomic mass is 16.2. The quantitative estimate of drug-likeness (QED) is 0.786. The summed E-state index contributed by atoms with van der Waals surface area (Å²) < 4.78 is 0. The number of carbonyl (C=O) groups excluding carboxylic acids is 1. The maximum atomic E-state index is 11.9. The number of benzene rings is 1. The van der Waals surface area contributed by atoms with Crippen molar-refractivity contribution in [3.63, 3.8) is 0 Å². The molecular formula is C14H20N2O. The first kappa shape index (κ1) is 12.0. The molecule has 1 aliphatic carbocycles. The third-order valence-corrected chi connectivity index (χ3v) is 3.36. The molecule has 1 fully saturated rings. The number of amides is 1. The molecular weight excluding hydrogens is 212 g/mol. The molecule has 3 heteroatoms. The number of nitrogens with one attached hydrogen (secondary N) is 2. The van der Waals surface area contributed by atoms with Gasteiger partial charge in [-0.05, 0) is 31.9 Å². The molecule has 17 heavy (non-hydrogen) atoms. The third kappa shape index (κ3) is 3.48. The molecule has 1 amide bonds. The van der Waals surface area contributed by atoms with E-state index in [9.17, 15) is 4.79 Å². The first-order valence-electron chi connectivity index (χ1n) is 6.38. The number of anilines is 1. The summed E-state index contributed by atoms with van der Waals surface area (Å²) in [6, 6.07) is 7.98. The molecule has 0 atom stereocenters. The SMILES string of the molecule is Cc1ccc(NNC(=O)C2CCCCC2)cc1. The van der Waals surface area contributed by atoms with Crippen LogP contribution in [0.1, 0.15) is 37.7 Å². The van der Waals surface area contributed by atoms with Crippen molar-refractivity contribution < 1.29 is 4.79 Å². The fraction of sp³-hybridized carbons (Fsp3) is 0.500. The standard InChI is InChI=1S/C14H20N2O/c1-11-7-9-13(10-8-11)15-16-14(17)12-5-3-2-4-6-12/h7-10,12,15H,2-6H2,1H3,(H,16,17). The minimum absolute atomic E-state index is 0.130. The van der Waals surface area contributed by atoms with E-state index in [-0.39, 0.29) is 11.8 Å². The Morgan fingerprint density at radius 3 is 2.41 bits per heavy atom. The van der Waals surface area contributed by atoms with Gasteiger partial charge in [0, 0.05) is 5.92 Å². The lowest BCUT2D eigenvalue weighted by atomic mass is 9.89. The summed E-state index contributed by atoms with van der Waals surface area (Å²) in [6.45, 7) is 2.05. The van der Waals surface area contributed by atoms with Crippen LogP contribution in [0.3, 0.4) is 0 Å². The van der Waals surface area contributed by atoms with Gasteiger partial charge in [-0.2, -0.15) is 0 Å². The highest BCUT2D eigenvalue weighted by Crippen LogP contribution is 2.23. The minimum atomic E-state index is 0.130. The Balaban J connectivity index is 1.81. The lowest BCUT2D eigenvalue weighted by Crippen LogP contribution is -2.35. The predicted molar refractivity (Wildman–Crippen MR) is 69.5 cm³/mol. The maximum Gasteiger partial charge on any atom is 0.241 e. The van der Waals surface area contributed by atoms with Gasteiger partial charge in [-0.15, -0.1) is 0 Å². The zero-order valence-corrected chi connectivity index (χ0v) is 10.3. The second-order valence-electron chi connectivity index (χ2n) is 4.82. The van der Waals surface area contributed by atoms with Crippen LogP contribution in [0.5, 0.6) is 0 Å². The van der Waals surface area contributed by atoms with Crippen LogP contribution in [0.25, 0.3) is 0 Å². The van der Waals surface area contributed by atoms with Crippen molar-refractivity contribution in [3.05, 3.63) is 29.8 Å². The smallest absolute Gasteiger partial charge is 0.241 e. The summed E-state index contributed by atoms with van der Waals surface area (Å²) in [6.07, 6.45) is 5.70. The molecule has 1 aromatic carbocycles. The molecule has 0 aromatic heterocycles. The maximum absolute atomic E-state index is 11.9. The Morgan fingerprint density at radius 2 is 1.76 bits per heavy atom.